The molecular weight excluding hydrogens is 231 g/mol. The van der Waals surface area contributed by atoms with Gasteiger partial charge in [-0.3, -0.25) is 0 Å². The zero-order chi connectivity index (χ0) is 12.6. The summed E-state index contributed by atoms with van der Waals surface area (Å²) in [4.78, 5) is 3.91. The molecule has 2 rings (SSSR count). The Morgan fingerprint density at radius 1 is 1.11 bits per heavy atom. The monoisotopic (exact) mass is 246 g/mol. The molecule has 0 bridgehead atoms. The van der Waals surface area contributed by atoms with Crippen molar-refractivity contribution in [2.75, 3.05) is 18.5 Å². The van der Waals surface area contributed by atoms with Crippen molar-refractivity contribution in [2.45, 2.75) is 6.42 Å². The van der Waals surface area contributed by atoms with Gasteiger partial charge in [-0.2, -0.15) is 0 Å². The molecule has 3 nitrogen and oxygen atoms in total. The van der Waals surface area contributed by atoms with Gasteiger partial charge >= 0.3 is 0 Å². The summed E-state index contributed by atoms with van der Waals surface area (Å²) in [6.45, 7) is 1.21. The van der Waals surface area contributed by atoms with Crippen molar-refractivity contribution in [3.63, 3.8) is 0 Å². The topological polar surface area (TPSA) is 34.2 Å². The van der Waals surface area contributed by atoms with E-state index in [0.717, 1.165) is 12.2 Å². The van der Waals surface area contributed by atoms with Crippen molar-refractivity contribution in [2.24, 2.45) is 0 Å². The summed E-state index contributed by atoms with van der Waals surface area (Å²) < 4.78 is 18.7. The first-order chi connectivity index (χ1) is 8.86. The van der Waals surface area contributed by atoms with Gasteiger partial charge in [0.1, 0.15) is 5.75 Å². The van der Waals surface area contributed by atoms with Gasteiger partial charge in [-0.15, -0.1) is 0 Å². The molecule has 0 aliphatic rings. The highest BCUT2D eigenvalue weighted by Gasteiger charge is 2.00. The van der Waals surface area contributed by atoms with Gasteiger partial charge in [0, 0.05) is 12.7 Å². The zero-order valence-corrected chi connectivity index (χ0v) is 9.97. The van der Waals surface area contributed by atoms with Crippen molar-refractivity contribution >= 4 is 5.82 Å². The minimum absolute atomic E-state index is 0.289. The fourth-order valence-electron chi connectivity index (χ4n) is 1.50. The van der Waals surface area contributed by atoms with Crippen LogP contribution < -0.4 is 10.1 Å². The number of anilines is 1. The number of hydrogen-bond donors (Lipinski definition) is 1. The van der Waals surface area contributed by atoms with Crippen LogP contribution in [-0.4, -0.2) is 18.1 Å². The average Bonchev–Trinajstić information content (AvgIpc) is 2.42. The molecule has 1 heterocycles. The number of pyridine rings is 1. The van der Waals surface area contributed by atoms with Gasteiger partial charge in [-0.05, 0) is 30.7 Å². The van der Waals surface area contributed by atoms with Gasteiger partial charge in [0.2, 0.25) is 0 Å². The number of ether oxygens (including phenoxy) is 1. The van der Waals surface area contributed by atoms with Gasteiger partial charge in [0.15, 0.2) is 11.6 Å². The highest BCUT2D eigenvalue weighted by molar-refractivity contribution is 5.35. The molecule has 0 aliphatic carbocycles. The summed E-state index contributed by atoms with van der Waals surface area (Å²) in [5, 5.41) is 2.93. The molecule has 1 N–H and O–H groups in total. The Bertz CT molecular complexity index is 476. The lowest BCUT2D eigenvalue weighted by Gasteiger charge is -2.07. The summed E-state index contributed by atoms with van der Waals surface area (Å²) in [6, 6.07) is 12.6. The van der Waals surface area contributed by atoms with E-state index in [1.807, 2.05) is 30.3 Å². The molecular formula is C14H15FN2O. The lowest BCUT2D eigenvalue weighted by Crippen LogP contribution is -2.09. The van der Waals surface area contributed by atoms with E-state index in [-0.39, 0.29) is 11.6 Å². The molecule has 2 aromatic rings. The van der Waals surface area contributed by atoms with Crippen LogP contribution in [0.15, 0.2) is 48.7 Å². The van der Waals surface area contributed by atoms with Crippen LogP contribution in [0.1, 0.15) is 6.42 Å². The minimum Gasteiger partial charge on any atom is -0.494 e. The molecule has 0 aliphatic heterocycles. The first-order valence-electron chi connectivity index (χ1n) is 5.88. The maximum atomic E-state index is 13.2. The number of para-hydroxylation sites is 1. The maximum Gasteiger partial charge on any atom is 0.165 e. The Labute approximate surface area is 106 Å². The van der Waals surface area contributed by atoms with Crippen LogP contribution in [0.3, 0.4) is 0 Å². The van der Waals surface area contributed by atoms with Crippen LogP contribution in [0, 0.1) is 5.82 Å². The zero-order valence-electron chi connectivity index (χ0n) is 9.97. The van der Waals surface area contributed by atoms with E-state index in [1.165, 1.54) is 6.07 Å². The molecule has 0 saturated heterocycles. The maximum absolute atomic E-state index is 13.2. The summed E-state index contributed by atoms with van der Waals surface area (Å²) in [7, 11) is 0. The van der Waals surface area contributed by atoms with Crippen molar-refractivity contribution in [1.29, 1.82) is 0 Å². The Morgan fingerprint density at radius 3 is 2.72 bits per heavy atom. The molecule has 0 fully saturated rings. The van der Waals surface area contributed by atoms with Crippen molar-refractivity contribution < 1.29 is 9.13 Å². The fourth-order valence-corrected chi connectivity index (χ4v) is 1.50. The van der Waals surface area contributed by atoms with E-state index in [1.54, 1.807) is 12.3 Å². The third-order valence-corrected chi connectivity index (χ3v) is 2.38. The fraction of sp³-hybridized carbons (Fsp3) is 0.214. The van der Waals surface area contributed by atoms with Gasteiger partial charge < -0.3 is 10.1 Å². The molecule has 0 radical (unpaired) electrons. The first kappa shape index (κ1) is 12.4. The predicted octanol–water partition coefficient (Wildman–Crippen LogP) is 3.10. The lowest BCUT2D eigenvalue weighted by atomic mass is 10.3. The molecule has 0 spiro atoms. The van der Waals surface area contributed by atoms with E-state index < -0.39 is 0 Å². The van der Waals surface area contributed by atoms with Gasteiger partial charge in [-0.1, -0.05) is 18.2 Å². The van der Waals surface area contributed by atoms with E-state index in [4.69, 9.17) is 4.74 Å². The first-order valence-corrected chi connectivity index (χ1v) is 5.88. The highest BCUT2D eigenvalue weighted by atomic mass is 19.1. The number of halogens is 1. The van der Waals surface area contributed by atoms with Crippen molar-refractivity contribution in [3.05, 3.63) is 54.5 Å². The highest BCUT2D eigenvalue weighted by Crippen LogP contribution is 2.10. The second kappa shape index (κ2) is 6.59. The molecule has 94 valence electrons. The second-order valence-corrected chi connectivity index (χ2v) is 3.78. The standard InChI is InChI=1S/C14H15FN2O/c15-13-8-4-9-16-14(13)17-10-5-11-18-12-6-2-1-3-7-12/h1-4,6-9H,5,10-11H2,(H,16,17). The number of nitrogens with one attached hydrogen (secondary N) is 1. The lowest BCUT2D eigenvalue weighted by molar-refractivity contribution is 0.315. The van der Waals surface area contributed by atoms with Gasteiger partial charge in [0.25, 0.3) is 0 Å². The molecule has 0 saturated carbocycles. The smallest absolute Gasteiger partial charge is 0.165 e. The third kappa shape index (κ3) is 3.73. The molecule has 18 heavy (non-hydrogen) atoms. The molecule has 0 unspecified atom stereocenters. The number of nitrogens with zero attached hydrogens (tertiary/aromatic N) is 1. The van der Waals surface area contributed by atoms with Gasteiger partial charge in [-0.25, -0.2) is 9.37 Å². The summed E-state index contributed by atoms with van der Waals surface area (Å²) in [5.74, 6) is 0.806. The van der Waals surface area contributed by atoms with Crippen LogP contribution in [0.4, 0.5) is 10.2 Å². The molecule has 0 amide bonds. The SMILES string of the molecule is Fc1cccnc1NCCCOc1ccccc1. The quantitative estimate of drug-likeness (QED) is 0.795. The van der Waals surface area contributed by atoms with Crippen LogP contribution in [-0.2, 0) is 0 Å². The minimum atomic E-state index is -0.332. The summed E-state index contributed by atoms with van der Waals surface area (Å²) in [6.07, 6.45) is 2.34. The van der Waals surface area contributed by atoms with E-state index >= 15 is 0 Å². The van der Waals surface area contributed by atoms with Crippen LogP contribution in [0.25, 0.3) is 0 Å². The van der Waals surface area contributed by atoms with Crippen LogP contribution >= 0.6 is 0 Å². The number of benzene rings is 1. The van der Waals surface area contributed by atoms with Crippen LogP contribution in [0.5, 0.6) is 5.75 Å². The predicted molar refractivity (Wildman–Crippen MR) is 69.2 cm³/mol. The van der Waals surface area contributed by atoms with Gasteiger partial charge in [0.05, 0.1) is 6.61 Å². The van der Waals surface area contributed by atoms with Crippen molar-refractivity contribution in [1.82, 2.24) is 4.98 Å². The number of aromatic nitrogens is 1. The third-order valence-electron chi connectivity index (χ3n) is 2.38. The average molecular weight is 246 g/mol. The normalized spacial score (nSPS) is 10.1. The molecule has 4 heteroatoms. The van der Waals surface area contributed by atoms with E-state index in [2.05, 4.69) is 10.3 Å². The molecule has 0 atom stereocenters. The number of hydrogen-bond acceptors (Lipinski definition) is 3. The van der Waals surface area contributed by atoms with Crippen molar-refractivity contribution in [3.8, 4) is 5.75 Å². The second-order valence-electron chi connectivity index (χ2n) is 3.78. The Hall–Kier alpha value is -2.10. The Morgan fingerprint density at radius 2 is 1.94 bits per heavy atom. The summed E-state index contributed by atoms with van der Waals surface area (Å²) in [5.41, 5.74) is 0. The molecule has 1 aromatic heterocycles. The summed E-state index contributed by atoms with van der Waals surface area (Å²) >= 11 is 0. The Kier molecular flexibility index (Phi) is 4.53. The van der Waals surface area contributed by atoms with E-state index in [9.17, 15) is 4.39 Å². The number of rotatable bonds is 6. The molecule has 1 aromatic carbocycles. The largest absolute Gasteiger partial charge is 0.494 e. The van der Waals surface area contributed by atoms with E-state index in [0.29, 0.717) is 13.2 Å². The van der Waals surface area contributed by atoms with Crippen LogP contribution in [0.2, 0.25) is 0 Å². The Balaban J connectivity index is 1.66.